The fourth-order valence-corrected chi connectivity index (χ4v) is 5.93. The molecule has 0 aromatic carbocycles. The molecule has 9 heteroatoms. The summed E-state index contributed by atoms with van der Waals surface area (Å²) in [6.45, 7) is 9.99. The maximum absolute atomic E-state index is 10.9. The first-order valence-electron chi connectivity index (χ1n) is 13.2. The number of thiol groups is 1. The highest BCUT2D eigenvalue weighted by molar-refractivity contribution is 7.80. The Morgan fingerprint density at radius 1 is 1.11 bits per heavy atom. The van der Waals surface area contributed by atoms with Crippen molar-refractivity contribution in [3.8, 4) is 0 Å². The molecule has 36 heavy (non-hydrogen) atoms. The molecule has 0 saturated carbocycles. The predicted molar refractivity (Wildman–Crippen MR) is 142 cm³/mol. The smallest absolute Gasteiger partial charge is 0.0894 e. The highest BCUT2D eigenvalue weighted by Crippen LogP contribution is 2.36. The van der Waals surface area contributed by atoms with Crippen LogP contribution in [-0.2, 0) is 14.2 Å². The van der Waals surface area contributed by atoms with E-state index in [-0.39, 0.29) is 55.9 Å². The van der Waals surface area contributed by atoms with Gasteiger partial charge in [-0.1, -0.05) is 20.1 Å². The average Bonchev–Trinajstić information content (AvgIpc) is 3.38. The third-order valence-corrected chi connectivity index (χ3v) is 8.13. The summed E-state index contributed by atoms with van der Waals surface area (Å²) in [6, 6.07) is 0. The molecule has 0 radical (unpaired) electrons. The van der Waals surface area contributed by atoms with Crippen LogP contribution in [0.4, 0.5) is 0 Å². The molecule has 0 aliphatic carbocycles. The zero-order chi connectivity index (χ0) is 26.8. The number of ether oxygens (including phenoxy) is 3. The Bertz CT molecular complexity index is 676. The van der Waals surface area contributed by atoms with E-state index in [0.29, 0.717) is 43.4 Å². The van der Waals surface area contributed by atoms with Gasteiger partial charge in [0.1, 0.15) is 0 Å². The van der Waals surface area contributed by atoms with Crippen LogP contribution in [0, 0.1) is 11.8 Å². The molecule has 0 spiro atoms. The standard InChI is InChI=1S/C27H48O8S/c1-16(10-19(30)7-8-24-17(2)11-21(34-24)6-5-9-28)18(3)23(32)13-25-22(15-36)27(33-4)26(35-25)12-20(31)14-29/h16,19-32,36H,2-3,5-15H2,1,4H3/t16-,19?,20?,21?,22?,23?,24+,25+,26-,27-/m1/s1. The highest BCUT2D eigenvalue weighted by Gasteiger charge is 2.45. The molecule has 2 heterocycles. The van der Waals surface area contributed by atoms with Gasteiger partial charge < -0.3 is 39.7 Å². The monoisotopic (exact) mass is 532 g/mol. The first kappa shape index (κ1) is 31.7. The molecular weight excluding hydrogens is 484 g/mol. The van der Waals surface area contributed by atoms with Crippen LogP contribution < -0.4 is 0 Å². The van der Waals surface area contributed by atoms with Crippen LogP contribution in [0.3, 0.4) is 0 Å². The molecule has 2 aliphatic heterocycles. The molecule has 0 amide bonds. The number of aliphatic hydroxyl groups excluding tert-OH is 5. The van der Waals surface area contributed by atoms with E-state index in [4.69, 9.17) is 19.3 Å². The van der Waals surface area contributed by atoms with Gasteiger partial charge in [0.2, 0.25) is 0 Å². The molecule has 8 nitrogen and oxygen atoms in total. The minimum atomic E-state index is -0.897. The summed E-state index contributed by atoms with van der Waals surface area (Å²) >= 11 is 4.45. The minimum Gasteiger partial charge on any atom is -0.396 e. The largest absolute Gasteiger partial charge is 0.396 e. The lowest BCUT2D eigenvalue weighted by atomic mass is 9.86. The predicted octanol–water partition coefficient (Wildman–Crippen LogP) is 2.02. The van der Waals surface area contributed by atoms with Gasteiger partial charge in [0.25, 0.3) is 0 Å². The van der Waals surface area contributed by atoms with Crippen molar-refractivity contribution in [3.05, 3.63) is 24.3 Å². The summed E-state index contributed by atoms with van der Waals surface area (Å²) in [5.41, 5.74) is 1.70. The zero-order valence-electron chi connectivity index (χ0n) is 21.9. The van der Waals surface area contributed by atoms with Gasteiger partial charge in [0.15, 0.2) is 0 Å². The molecule has 2 aliphatic rings. The number of methoxy groups -OCH3 is 1. The molecule has 0 bridgehead atoms. The lowest BCUT2D eigenvalue weighted by Gasteiger charge is -2.26. The lowest BCUT2D eigenvalue weighted by Crippen LogP contribution is -2.34. The van der Waals surface area contributed by atoms with Gasteiger partial charge in [-0.25, -0.2) is 0 Å². The second-order valence-corrected chi connectivity index (χ2v) is 10.9. The van der Waals surface area contributed by atoms with Crippen LogP contribution in [0.2, 0.25) is 0 Å². The maximum Gasteiger partial charge on any atom is 0.0894 e. The van der Waals surface area contributed by atoms with Gasteiger partial charge in [0.05, 0.1) is 55.4 Å². The molecule has 210 valence electrons. The van der Waals surface area contributed by atoms with E-state index >= 15 is 0 Å². The molecule has 2 saturated heterocycles. The summed E-state index contributed by atoms with van der Waals surface area (Å²) in [5.74, 6) is 0.331. The topological polar surface area (TPSA) is 129 Å². The van der Waals surface area contributed by atoms with Crippen molar-refractivity contribution in [2.45, 2.75) is 107 Å². The van der Waals surface area contributed by atoms with E-state index in [2.05, 4.69) is 25.8 Å². The Hall–Kier alpha value is -0.490. The molecule has 2 rings (SSSR count). The molecule has 10 atom stereocenters. The van der Waals surface area contributed by atoms with Crippen LogP contribution in [0.1, 0.15) is 58.3 Å². The highest BCUT2D eigenvalue weighted by atomic mass is 32.1. The van der Waals surface area contributed by atoms with Crippen LogP contribution in [-0.4, -0.2) is 100 Å². The normalized spacial score (nSPS) is 31.9. The third kappa shape index (κ3) is 9.06. The Morgan fingerprint density at radius 2 is 1.83 bits per heavy atom. The average molecular weight is 533 g/mol. The molecule has 0 aromatic heterocycles. The fraction of sp³-hybridized carbons (Fsp3) is 0.852. The first-order valence-corrected chi connectivity index (χ1v) is 13.8. The fourth-order valence-electron chi connectivity index (χ4n) is 5.48. The summed E-state index contributed by atoms with van der Waals surface area (Å²) in [7, 11) is 1.59. The van der Waals surface area contributed by atoms with Gasteiger partial charge >= 0.3 is 0 Å². The second-order valence-electron chi connectivity index (χ2n) is 10.5. The van der Waals surface area contributed by atoms with E-state index in [9.17, 15) is 20.4 Å². The summed E-state index contributed by atoms with van der Waals surface area (Å²) < 4.78 is 17.8. The summed E-state index contributed by atoms with van der Waals surface area (Å²) in [6.07, 6.45) is 1.42. The molecule has 5 unspecified atom stereocenters. The van der Waals surface area contributed by atoms with E-state index < -0.39 is 24.4 Å². The summed E-state index contributed by atoms with van der Waals surface area (Å²) in [4.78, 5) is 0. The van der Waals surface area contributed by atoms with Crippen molar-refractivity contribution in [2.75, 3.05) is 26.1 Å². The summed E-state index contributed by atoms with van der Waals surface area (Å²) in [5, 5.41) is 49.6. The van der Waals surface area contributed by atoms with Crippen molar-refractivity contribution in [3.63, 3.8) is 0 Å². The van der Waals surface area contributed by atoms with Gasteiger partial charge in [-0.05, 0) is 61.3 Å². The second kappa shape index (κ2) is 15.8. The maximum atomic E-state index is 10.9. The van der Waals surface area contributed by atoms with Gasteiger partial charge in [-0.3, -0.25) is 0 Å². The van der Waals surface area contributed by atoms with E-state index in [1.54, 1.807) is 7.11 Å². The van der Waals surface area contributed by atoms with Crippen molar-refractivity contribution < 1.29 is 39.7 Å². The minimum absolute atomic E-state index is 0.0591. The van der Waals surface area contributed by atoms with Gasteiger partial charge in [0, 0.05) is 32.5 Å². The van der Waals surface area contributed by atoms with Crippen molar-refractivity contribution in [1.29, 1.82) is 0 Å². The van der Waals surface area contributed by atoms with Crippen LogP contribution >= 0.6 is 12.6 Å². The Morgan fingerprint density at radius 3 is 2.44 bits per heavy atom. The third-order valence-electron chi connectivity index (χ3n) is 7.70. The molecule has 5 N–H and O–H groups in total. The number of hydrogen-bond donors (Lipinski definition) is 6. The Kier molecular flexibility index (Phi) is 13.9. The molecule has 0 aromatic rings. The van der Waals surface area contributed by atoms with E-state index in [1.807, 2.05) is 6.92 Å². The van der Waals surface area contributed by atoms with Crippen molar-refractivity contribution >= 4 is 12.6 Å². The number of hydrogen-bond acceptors (Lipinski definition) is 9. The van der Waals surface area contributed by atoms with E-state index in [1.165, 1.54) is 0 Å². The number of aliphatic hydroxyl groups is 5. The first-order chi connectivity index (χ1) is 17.1. The number of rotatable bonds is 17. The molecule has 2 fully saturated rings. The van der Waals surface area contributed by atoms with Gasteiger partial charge in [-0.2, -0.15) is 12.6 Å². The van der Waals surface area contributed by atoms with Crippen molar-refractivity contribution in [2.24, 2.45) is 11.8 Å². The molecular formula is C27H48O8S. The zero-order valence-corrected chi connectivity index (χ0v) is 22.8. The van der Waals surface area contributed by atoms with Crippen molar-refractivity contribution in [1.82, 2.24) is 0 Å². The van der Waals surface area contributed by atoms with Gasteiger partial charge in [-0.15, -0.1) is 0 Å². The van der Waals surface area contributed by atoms with E-state index in [0.717, 1.165) is 18.4 Å². The van der Waals surface area contributed by atoms with Crippen LogP contribution in [0.25, 0.3) is 0 Å². The van der Waals surface area contributed by atoms with Crippen LogP contribution in [0.15, 0.2) is 24.3 Å². The SMILES string of the molecule is C=C(C(O)C[C@@H]1O[C@H](CC(O)CO)[C@H](OC)C1CS)[C@H](C)CC(O)CC[C@@H]1OC(CCCO)CC1=C. The Labute approximate surface area is 221 Å². The Balaban J connectivity index is 1.82. The quantitative estimate of drug-likeness (QED) is 0.124. The lowest BCUT2D eigenvalue weighted by molar-refractivity contribution is -0.0462. The van der Waals surface area contributed by atoms with Crippen LogP contribution in [0.5, 0.6) is 0 Å².